The minimum absolute atomic E-state index is 0.174. The Morgan fingerprint density at radius 2 is 2.00 bits per heavy atom. The fourth-order valence-electron chi connectivity index (χ4n) is 2.69. The van der Waals surface area contributed by atoms with Crippen LogP contribution in [-0.4, -0.2) is 44.6 Å². The minimum Gasteiger partial charge on any atom is -0.497 e. The summed E-state index contributed by atoms with van der Waals surface area (Å²) in [5.41, 5.74) is 5.14. The molecule has 2 heterocycles. The van der Waals surface area contributed by atoms with Crippen LogP contribution in [0.4, 0.5) is 0 Å². The van der Waals surface area contributed by atoms with Gasteiger partial charge >= 0.3 is 0 Å². The quantitative estimate of drug-likeness (QED) is 0.215. The van der Waals surface area contributed by atoms with Crippen molar-refractivity contribution < 1.29 is 9.53 Å². The fourth-order valence-corrected chi connectivity index (χ4v) is 3.47. The topological polar surface area (TPSA) is 93.8 Å². The number of nitrogens with zero attached hydrogens (tertiary/aromatic N) is 5. The Balaban J connectivity index is 1.42. The van der Waals surface area contributed by atoms with Crippen LogP contribution < -0.4 is 10.2 Å². The molecule has 0 saturated heterocycles. The van der Waals surface area contributed by atoms with E-state index >= 15 is 0 Å². The van der Waals surface area contributed by atoms with E-state index in [1.807, 2.05) is 60.7 Å². The monoisotopic (exact) mass is 418 g/mol. The second-order valence-electron chi connectivity index (χ2n) is 6.17. The van der Waals surface area contributed by atoms with Gasteiger partial charge in [-0.25, -0.2) is 10.4 Å². The third-order valence-corrected chi connectivity index (χ3v) is 5.15. The Bertz CT molecular complexity index is 1180. The number of hydrogen-bond acceptors (Lipinski definition) is 7. The number of aromatic nitrogens is 4. The first-order valence-corrected chi connectivity index (χ1v) is 10.1. The zero-order valence-corrected chi connectivity index (χ0v) is 16.9. The van der Waals surface area contributed by atoms with Crippen molar-refractivity contribution in [3.63, 3.8) is 0 Å². The van der Waals surface area contributed by atoms with Gasteiger partial charge in [0.1, 0.15) is 17.1 Å². The fraction of sp³-hybridized carbons (Fsp3) is 0.0952. The second-order valence-corrected chi connectivity index (χ2v) is 7.17. The molecule has 9 heteroatoms. The summed E-state index contributed by atoms with van der Waals surface area (Å²) in [5.74, 6) is 1.19. The summed E-state index contributed by atoms with van der Waals surface area (Å²) in [6, 6.07) is 19.1. The van der Waals surface area contributed by atoms with Crippen LogP contribution in [0, 0.1) is 0 Å². The first-order valence-electron chi connectivity index (χ1n) is 9.08. The van der Waals surface area contributed by atoms with Crippen LogP contribution in [0.3, 0.4) is 0 Å². The van der Waals surface area contributed by atoms with Crippen molar-refractivity contribution in [3.05, 3.63) is 72.6 Å². The maximum Gasteiger partial charge on any atom is 0.253 e. The van der Waals surface area contributed by atoms with E-state index in [0.29, 0.717) is 5.78 Å². The smallest absolute Gasteiger partial charge is 0.253 e. The summed E-state index contributed by atoms with van der Waals surface area (Å²) < 4.78 is 6.73. The standard InChI is InChI=1S/C21H18N6O2S/c1-29-17-9-7-15(8-10-17)12-23-26-19(28)13-30-20-11-18(16-5-3-2-4-6-16)25-21-22-14-24-27(20)21/h2-12,14H,13H2,1H3,(H,26,28)/b23-12+. The molecule has 0 aliphatic carbocycles. The van der Waals surface area contributed by atoms with Crippen molar-refractivity contribution in [2.24, 2.45) is 5.10 Å². The molecule has 2 aromatic carbocycles. The third-order valence-electron chi connectivity index (χ3n) is 4.16. The molecule has 4 rings (SSSR count). The van der Waals surface area contributed by atoms with Gasteiger partial charge in [0.15, 0.2) is 0 Å². The van der Waals surface area contributed by atoms with Gasteiger partial charge in [0.05, 0.1) is 24.8 Å². The van der Waals surface area contributed by atoms with Crippen molar-refractivity contribution in [1.82, 2.24) is 25.0 Å². The Hall–Kier alpha value is -3.72. The van der Waals surface area contributed by atoms with Crippen LogP contribution in [-0.2, 0) is 4.79 Å². The largest absolute Gasteiger partial charge is 0.497 e. The summed E-state index contributed by atoms with van der Waals surface area (Å²) in [6.07, 6.45) is 3.03. The van der Waals surface area contributed by atoms with Crippen molar-refractivity contribution in [1.29, 1.82) is 0 Å². The van der Waals surface area contributed by atoms with Crippen LogP contribution in [0.15, 0.2) is 77.1 Å². The molecule has 30 heavy (non-hydrogen) atoms. The van der Waals surface area contributed by atoms with Gasteiger partial charge in [-0.05, 0) is 35.9 Å². The van der Waals surface area contributed by atoms with E-state index in [9.17, 15) is 4.79 Å². The number of hydrazone groups is 1. The number of methoxy groups -OCH3 is 1. The van der Waals surface area contributed by atoms with Gasteiger partial charge in [-0.2, -0.15) is 19.7 Å². The molecule has 0 spiro atoms. The number of hydrogen-bond donors (Lipinski definition) is 1. The summed E-state index contributed by atoms with van der Waals surface area (Å²) in [4.78, 5) is 20.9. The second kappa shape index (κ2) is 9.19. The van der Waals surface area contributed by atoms with Crippen molar-refractivity contribution >= 4 is 29.7 Å². The molecule has 2 aromatic heterocycles. The lowest BCUT2D eigenvalue weighted by Crippen LogP contribution is -2.19. The minimum atomic E-state index is -0.226. The van der Waals surface area contributed by atoms with Gasteiger partial charge in [-0.15, -0.1) is 0 Å². The van der Waals surface area contributed by atoms with Gasteiger partial charge in [0.25, 0.3) is 5.78 Å². The van der Waals surface area contributed by atoms with E-state index in [1.54, 1.807) is 17.8 Å². The average Bonchev–Trinajstić information content (AvgIpc) is 3.27. The lowest BCUT2D eigenvalue weighted by Gasteiger charge is -2.07. The summed E-state index contributed by atoms with van der Waals surface area (Å²) >= 11 is 1.34. The lowest BCUT2D eigenvalue weighted by atomic mass is 10.1. The number of carbonyl (C=O) groups excluding carboxylic acids is 1. The normalized spacial score (nSPS) is 11.1. The Morgan fingerprint density at radius 3 is 2.77 bits per heavy atom. The molecule has 0 aliphatic rings. The number of thioether (sulfide) groups is 1. The number of fused-ring (bicyclic) bond motifs is 1. The van der Waals surface area contributed by atoms with Crippen molar-refractivity contribution in [2.45, 2.75) is 5.03 Å². The Morgan fingerprint density at radius 1 is 1.20 bits per heavy atom. The van der Waals surface area contributed by atoms with E-state index in [-0.39, 0.29) is 11.7 Å². The summed E-state index contributed by atoms with van der Waals surface area (Å²) in [6.45, 7) is 0. The first-order chi connectivity index (χ1) is 14.7. The molecule has 0 fully saturated rings. The zero-order chi connectivity index (χ0) is 20.8. The number of amides is 1. The van der Waals surface area contributed by atoms with Crippen molar-refractivity contribution in [2.75, 3.05) is 12.9 Å². The SMILES string of the molecule is COc1ccc(/C=N/NC(=O)CSc2cc(-c3ccccc3)nc3ncnn23)cc1. The molecule has 0 aliphatic heterocycles. The van der Waals surface area contributed by atoms with Crippen LogP contribution in [0.2, 0.25) is 0 Å². The highest BCUT2D eigenvalue weighted by molar-refractivity contribution is 7.99. The van der Waals surface area contributed by atoms with Crippen LogP contribution in [0.25, 0.3) is 17.0 Å². The average molecular weight is 418 g/mol. The number of benzene rings is 2. The third kappa shape index (κ3) is 4.64. The Labute approximate surface area is 177 Å². The molecular formula is C21H18N6O2S. The number of rotatable bonds is 7. The van der Waals surface area contributed by atoms with Gasteiger partial charge in [0.2, 0.25) is 5.91 Å². The number of ether oxygens (including phenoxy) is 1. The summed E-state index contributed by atoms with van der Waals surface area (Å²) in [7, 11) is 1.61. The number of nitrogens with one attached hydrogen (secondary N) is 1. The van der Waals surface area contributed by atoms with E-state index in [2.05, 4.69) is 25.6 Å². The van der Waals surface area contributed by atoms with Gasteiger partial charge in [-0.3, -0.25) is 4.79 Å². The van der Waals surface area contributed by atoms with Crippen molar-refractivity contribution in [3.8, 4) is 17.0 Å². The maximum absolute atomic E-state index is 12.2. The molecule has 1 N–H and O–H groups in total. The van der Waals surface area contributed by atoms with Gasteiger partial charge in [0, 0.05) is 5.56 Å². The predicted octanol–water partition coefficient (Wildman–Crippen LogP) is 3.04. The highest BCUT2D eigenvalue weighted by atomic mass is 32.2. The maximum atomic E-state index is 12.2. The molecule has 0 unspecified atom stereocenters. The number of carbonyl (C=O) groups is 1. The van der Waals surface area contributed by atoms with E-state index in [1.165, 1.54) is 18.1 Å². The molecule has 1 amide bonds. The van der Waals surface area contributed by atoms with Crippen LogP contribution >= 0.6 is 11.8 Å². The van der Waals surface area contributed by atoms with Gasteiger partial charge < -0.3 is 4.74 Å². The summed E-state index contributed by atoms with van der Waals surface area (Å²) in [5, 5.41) is 8.97. The first kappa shape index (κ1) is 19.6. The molecule has 8 nitrogen and oxygen atoms in total. The predicted molar refractivity (Wildman–Crippen MR) is 116 cm³/mol. The Kier molecular flexibility index (Phi) is 6.00. The molecule has 150 valence electrons. The highest BCUT2D eigenvalue weighted by Crippen LogP contribution is 2.24. The molecular weight excluding hydrogens is 400 g/mol. The zero-order valence-electron chi connectivity index (χ0n) is 16.1. The molecule has 0 bridgehead atoms. The highest BCUT2D eigenvalue weighted by Gasteiger charge is 2.11. The van der Waals surface area contributed by atoms with E-state index in [0.717, 1.165) is 27.6 Å². The van der Waals surface area contributed by atoms with E-state index in [4.69, 9.17) is 4.74 Å². The van der Waals surface area contributed by atoms with Crippen LogP contribution in [0.5, 0.6) is 5.75 Å². The molecule has 0 atom stereocenters. The van der Waals surface area contributed by atoms with Crippen LogP contribution in [0.1, 0.15) is 5.56 Å². The van der Waals surface area contributed by atoms with Gasteiger partial charge in [-0.1, -0.05) is 42.1 Å². The molecule has 4 aromatic rings. The lowest BCUT2D eigenvalue weighted by molar-refractivity contribution is -0.118. The molecule has 0 radical (unpaired) electrons. The molecule has 0 saturated carbocycles. The van der Waals surface area contributed by atoms with E-state index < -0.39 is 0 Å².